The van der Waals surface area contributed by atoms with E-state index in [4.69, 9.17) is 9.15 Å². The van der Waals surface area contributed by atoms with E-state index in [-0.39, 0.29) is 21.2 Å². The van der Waals surface area contributed by atoms with E-state index >= 15 is 0 Å². The Labute approximate surface area is 166 Å². The number of thioether (sulfide) groups is 2. The van der Waals surface area contributed by atoms with Crippen molar-refractivity contribution >= 4 is 40.6 Å². The number of ether oxygens (including phenoxy) is 1. The number of aromatic nitrogens is 1. The molecule has 4 nitrogen and oxygen atoms in total. The van der Waals surface area contributed by atoms with E-state index < -0.39 is 24.1 Å². The highest BCUT2D eigenvalue weighted by atomic mass is 32.2. The monoisotopic (exact) mass is 425 g/mol. The molecule has 0 aliphatic carbocycles. The maximum atomic E-state index is 13.5. The molecule has 2 aromatic carbocycles. The van der Waals surface area contributed by atoms with Crippen LogP contribution in [0.5, 0.6) is 0 Å². The fraction of sp³-hybridized carbons (Fsp3) is 0.263. The minimum Gasteiger partial charge on any atom is -0.439 e. The van der Waals surface area contributed by atoms with Crippen molar-refractivity contribution in [2.24, 2.45) is 0 Å². The summed E-state index contributed by atoms with van der Waals surface area (Å²) >= 11 is 3.60. The minimum absolute atomic E-state index is 0.0436. The Kier molecular flexibility index (Phi) is 5.29. The van der Waals surface area contributed by atoms with Crippen LogP contribution in [0.1, 0.15) is 32.5 Å². The van der Waals surface area contributed by atoms with Gasteiger partial charge in [-0.3, -0.25) is 0 Å². The summed E-state index contributed by atoms with van der Waals surface area (Å²) in [5.74, 6) is 0.327. The van der Waals surface area contributed by atoms with Crippen LogP contribution < -0.4 is 0 Å². The van der Waals surface area contributed by atoms with E-state index in [0.29, 0.717) is 0 Å². The number of alkyl halides is 3. The molecule has 0 saturated carbocycles. The lowest BCUT2D eigenvalue weighted by Crippen LogP contribution is -2.26. The quantitative estimate of drug-likeness (QED) is 0.495. The summed E-state index contributed by atoms with van der Waals surface area (Å²) in [6, 6.07) is 12.7. The molecule has 1 atom stereocenters. The highest BCUT2D eigenvalue weighted by Crippen LogP contribution is 2.45. The second-order valence-corrected chi connectivity index (χ2v) is 8.77. The standard InChI is InChI=1S/C19H14F3NO3S2/c20-19(21,22)15(16-23-13-3-1-2-4-14(13)25-16)26-17(24)11-5-7-12(8-6-11)18-27-9-10-28-18/h1-8,15,18H,9-10H2. The largest absolute Gasteiger partial charge is 0.439 e. The number of para-hydroxylation sites is 2. The van der Waals surface area contributed by atoms with Crippen LogP contribution in [-0.2, 0) is 4.74 Å². The zero-order valence-corrected chi connectivity index (χ0v) is 15.9. The van der Waals surface area contributed by atoms with Crippen molar-refractivity contribution in [1.29, 1.82) is 0 Å². The molecule has 0 radical (unpaired) electrons. The van der Waals surface area contributed by atoms with E-state index in [1.807, 2.05) is 0 Å². The van der Waals surface area contributed by atoms with Crippen molar-refractivity contribution in [1.82, 2.24) is 4.98 Å². The lowest BCUT2D eigenvalue weighted by molar-refractivity contribution is -0.213. The van der Waals surface area contributed by atoms with E-state index in [1.165, 1.54) is 24.3 Å². The van der Waals surface area contributed by atoms with Crippen LogP contribution in [0.4, 0.5) is 13.2 Å². The van der Waals surface area contributed by atoms with Gasteiger partial charge in [0.05, 0.1) is 10.1 Å². The Morgan fingerprint density at radius 2 is 1.79 bits per heavy atom. The summed E-state index contributed by atoms with van der Waals surface area (Å²) in [5, 5.41) is 0. The van der Waals surface area contributed by atoms with Gasteiger partial charge in [-0.15, -0.1) is 23.5 Å². The molecule has 3 aromatic rings. The normalized spacial score (nSPS) is 16.4. The van der Waals surface area contributed by atoms with Gasteiger partial charge in [0.1, 0.15) is 5.52 Å². The molecule has 0 spiro atoms. The maximum absolute atomic E-state index is 13.5. The molecule has 1 saturated heterocycles. The van der Waals surface area contributed by atoms with Crippen LogP contribution in [0.15, 0.2) is 52.9 Å². The van der Waals surface area contributed by atoms with Crippen LogP contribution in [0.25, 0.3) is 11.1 Å². The van der Waals surface area contributed by atoms with Crippen molar-refractivity contribution < 1.29 is 27.1 Å². The molecule has 1 aliphatic rings. The molecule has 1 aromatic heterocycles. The van der Waals surface area contributed by atoms with Crippen LogP contribution in [0.3, 0.4) is 0 Å². The van der Waals surface area contributed by atoms with Crippen molar-refractivity contribution in [3.8, 4) is 0 Å². The van der Waals surface area contributed by atoms with Gasteiger partial charge in [0.2, 0.25) is 5.89 Å². The minimum atomic E-state index is -4.85. The third kappa shape index (κ3) is 4.00. The first kappa shape index (κ1) is 19.2. The second-order valence-electron chi connectivity index (χ2n) is 6.04. The molecule has 146 valence electrons. The molecular weight excluding hydrogens is 411 g/mol. The van der Waals surface area contributed by atoms with Crippen molar-refractivity contribution in [2.75, 3.05) is 11.5 Å². The average molecular weight is 425 g/mol. The summed E-state index contributed by atoms with van der Waals surface area (Å²) in [7, 11) is 0. The molecule has 4 rings (SSSR count). The van der Waals surface area contributed by atoms with Crippen molar-refractivity contribution in [3.63, 3.8) is 0 Å². The van der Waals surface area contributed by atoms with Crippen molar-refractivity contribution in [3.05, 3.63) is 65.5 Å². The van der Waals surface area contributed by atoms with Gasteiger partial charge in [0.15, 0.2) is 5.58 Å². The number of oxazole rings is 1. The fourth-order valence-corrected chi connectivity index (χ4v) is 5.62. The number of hydrogen-bond acceptors (Lipinski definition) is 6. The Hall–Kier alpha value is -2.13. The van der Waals surface area contributed by atoms with Gasteiger partial charge in [-0.25, -0.2) is 9.78 Å². The zero-order valence-electron chi connectivity index (χ0n) is 14.3. The molecule has 0 bridgehead atoms. The van der Waals surface area contributed by atoms with Gasteiger partial charge in [-0.1, -0.05) is 24.3 Å². The topological polar surface area (TPSA) is 52.3 Å². The first-order valence-corrected chi connectivity index (χ1v) is 10.5. The lowest BCUT2D eigenvalue weighted by Gasteiger charge is -2.18. The number of fused-ring (bicyclic) bond motifs is 1. The molecule has 0 amide bonds. The van der Waals surface area contributed by atoms with Gasteiger partial charge in [0.25, 0.3) is 6.10 Å². The smallest absolute Gasteiger partial charge is 0.434 e. The van der Waals surface area contributed by atoms with Crippen molar-refractivity contribution in [2.45, 2.75) is 16.9 Å². The number of hydrogen-bond donors (Lipinski definition) is 0. The van der Waals surface area contributed by atoms with Gasteiger partial charge in [-0.2, -0.15) is 13.2 Å². The number of esters is 1. The summed E-state index contributed by atoms with van der Waals surface area (Å²) in [4.78, 5) is 16.1. The molecule has 28 heavy (non-hydrogen) atoms. The van der Waals surface area contributed by atoms with Gasteiger partial charge in [0, 0.05) is 11.5 Å². The molecule has 1 unspecified atom stereocenters. The summed E-state index contributed by atoms with van der Waals surface area (Å²) in [5.41, 5.74) is 1.52. The number of nitrogens with zero attached hydrogens (tertiary/aromatic N) is 1. The lowest BCUT2D eigenvalue weighted by atomic mass is 10.1. The second kappa shape index (κ2) is 7.71. The molecule has 0 N–H and O–H groups in total. The van der Waals surface area contributed by atoms with Gasteiger partial charge >= 0.3 is 12.1 Å². The predicted octanol–water partition coefficient (Wildman–Crippen LogP) is 5.77. The third-order valence-electron chi connectivity index (χ3n) is 4.10. The third-order valence-corrected chi connectivity index (χ3v) is 7.20. The number of halogens is 3. The van der Waals surface area contributed by atoms with E-state index in [2.05, 4.69) is 4.98 Å². The summed E-state index contributed by atoms with van der Waals surface area (Å²) < 4.78 is 50.7. The fourth-order valence-electron chi connectivity index (χ4n) is 2.76. The predicted molar refractivity (Wildman–Crippen MR) is 102 cm³/mol. The van der Waals surface area contributed by atoms with E-state index in [9.17, 15) is 18.0 Å². The first-order valence-electron chi connectivity index (χ1n) is 8.38. The number of carbonyl (C=O) groups is 1. The highest BCUT2D eigenvalue weighted by molar-refractivity contribution is 8.19. The number of benzene rings is 2. The number of rotatable bonds is 4. The average Bonchev–Trinajstić information content (AvgIpc) is 3.34. The Morgan fingerprint density at radius 3 is 2.43 bits per heavy atom. The Morgan fingerprint density at radius 1 is 1.11 bits per heavy atom. The van der Waals surface area contributed by atoms with Gasteiger partial charge < -0.3 is 9.15 Å². The zero-order chi connectivity index (χ0) is 19.7. The Bertz CT molecular complexity index is 949. The maximum Gasteiger partial charge on any atom is 0.434 e. The summed E-state index contributed by atoms with van der Waals surface area (Å²) in [6.07, 6.45) is -7.43. The van der Waals surface area contributed by atoms with Crippen LogP contribution in [-0.4, -0.2) is 28.6 Å². The number of carbonyl (C=O) groups excluding carboxylic acids is 1. The molecule has 1 aliphatic heterocycles. The van der Waals surface area contributed by atoms with E-state index in [0.717, 1.165) is 17.1 Å². The van der Waals surface area contributed by atoms with Gasteiger partial charge in [-0.05, 0) is 29.8 Å². The van der Waals surface area contributed by atoms with Crippen LogP contribution in [0.2, 0.25) is 0 Å². The highest BCUT2D eigenvalue weighted by Gasteiger charge is 2.47. The summed E-state index contributed by atoms with van der Waals surface area (Å²) in [6.45, 7) is 0. The SMILES string of the molecule is O=C(OC(c1nc2ccccc2o1)C(F)(F)F)c1ccc(C2SCCS2)cc1. The molecular formula is C19H14F3NO3S2. The molecule has 2 heterocycles. The first-order chi connectivity index (χ1) is 13.4. The molecule has 1 fully saturated rings. The Balaban J connectivity index is 1.55. The van der Waals surface area contributed by atoms with Crippen LogP contribution >= 0.6 is 23.5 Å². The molecule has 9 heteroatoms. The van der Waals surface area contributed by atoms with Crippen LogP contribution in [0, 0.1) is 0 Å². The van der Waals surface area contributed by atoms with E-state index in [1.54, 1.807) is 47.8 Å².